The second-order valence-corrected chi connectivity index (χ2v) is 9.26. The van der Waals surface area contributed by atoms with Gasteiger partial charge in [-0.15, -0.1) is 0 Å². The molecule has 178 valence electrons. The number of nitrogens with one attached hydrogen (secondary N) is 1. The first-order chi connectivity index (χ1) is 16.3. The third-order valence-electron chi connectivity index (χ3n) is 4.84. The fourth-order valence-electron chi connectivity index (χ4n) is 3.20. The molecule has 0 spiro atoms. The molecular weight excluding hydrogens is 452 g/mol. The van der Waals surface area contributed by atoms with E-state index < -0.39 is 22.5 Å². The van der Waals surface area contributed by atoms with E-state index in [1.807, 2.05) is 13.8 Å². The molecule has 0 aliphatic rings. The van der Waals surface area contributed by atoms with Crippen LogP contribution in [0, 0.1) is 6.92 Å². The highest BCUT2D eigenvalue weighted by Gasteiger charge is 2.29. The highest BCUT2D eigenvalue weighted by atomic mass is 32.2. The Hall–Kier alpha value is -3.78. The Morgan fingerprint density at radius 2 is 1.68 bits per heavy atom. The average Bonchev–Trinajstić information content (AvgIpc) is 2.83. The van der Waals surface area contributed by atoms with E-state index in [9.17, 15) is 13.2 Å². The first-order valence-electron chi connectivity index (χ1n) is 10.8. The summed E-state index contributed by atoms with van der Waals surface area (Å²) in [5.41, 5.74) is 1.73. The van der Waals surface area contributed by atoms with Gasteiger partial charge in [-0.3, -0.25) is 9.10 Å². The number of nitrogens with zero attached hydrogens (tertiary/aromatic N) is 1. The second kappa shape index (κ2) is 11.4. The summed E-state index contributed by atoms with van der Waals surface area (Å²) in [5, 5.41) is 2.75. The van der Waals surface area contributed by atoms with Crippen LogP contribution in [-0.4, -0.2) is 34.1 Å². The summed E-state index contributed by atoms with van der Waals surface area (Å²) in [5.74, 6) is 0.506. The molecule has 3 aromatic rings. The molecule has 0 fully saturated rings. The van der Waals surface area contributed by atoms with Crippen LogP contribution in [0.25, 0.3) is 0 Å². The van der Waals surface area contributed by atoms with Crippen molar-refractivity contribution in [1.82, 2.24) is 0 Å². The van der Waals surface area contributed by atoms with Gasteiger partial charge in [0.15, 0.2) is 0 Å². The number of hydrogen-bond acceptors (Lipinski definition) is 5. The fraction of sp³-hybridized carbons (Fsp3) is 0.192. The van der Waals surface area contributed by atoms with E-state index in [2.05, 4.69) is 11.9 Å². The van der Waals surface area contributed by atoms with Crippen LogP contribution < -0.4 is 19.1 Å². The molecule has 3 rings (SSSR count). The molecule has 3 aromatic carbocycles. The van der Waals surface area contributed by atoms with E-state index in [1.165, 1.54) is 12.1 Å². The Labute approximate surface area is 200 Å². The molecule has 0 unspecified atom stereocenters. The Kier molecular flexibility index (Phi) is 8.32. The Morgan fingerprint density at radius 3 is 2.32 bits per heavy atom. The molecule has 0 aromatic heterocycles. The number of amides is 1. The minimum Gasteiger partial charge on any atom is -0.492 e. The van der Waals surface area contributed by atoms with Gasteiger partial charge in [-0.25, -0.2) is 8.42 Å². The first-order valence-corrected chi connectivity index (χ1v) is 12.2. The van der Waals surface area contributed by atoms with Gasteiger partial charge in [-0.1, -0.05) is 42.5 Å². The highest BCUT2D eigenvalue weighted by molar-refractivity contribution is 7.92. The molecule has 0 bridgehead atoms. The maximum Gasteiger partial charge on any atom is 0.264 e. The van der Waals surface area contributed by atoms with E-state index in [1.54, 1.807) is 66.7 Å². The molecule has 0 saturated heterocycles. The van der Waals surface area contributed by atoms with Crippen LogP contribution in [-0.2, 0) is 14.8 Å². The van der Waals surface area contributed by atoms with Gasteiger partial charge in [0.05, 0.1) is 17.2 Å². The normalized spacial score (nSPS) is 10.9. The average molecular weight is 481 g/mol. The van der Waals surface area contributed by atoms with Crippen LogP contribution in [0.4, 0.5) is 11.4 Å². The van der Waals surface area contributed by atoms with E-state index in [0.29, 0.717) is 30.4 Å². The topological polar surface area (TPSA) is 84.9 Å². The van der Waals surface area contributed by atoms with Gasteiger partial charge >= 0.3 is 0 Å². The molecule has 1 N–H and O–H groups in total. The van der Waals surface area contributed by atoms with Gasteiger partial charge in [-0.05, 0) is 62.4 Å². The minimum atomic E-state index is -4.05. The minimum absolute atomic E-state index is 0.0842. The number of benzene rings is 3. The lowest BCUT2D eigenvalue weighted by molar-refractivity contribution is -0.114. The number of rotatable bonds is 11. The van der Waals surface area contributed by atoms with Crippen molar-refractivity contribution in [2.24, 2.45) is 0 Å². The van der Waals surface area contributed by atoms with Gasteiger partial charge in [-0.2, -0.15) is 0 Å². The molecular formula is C26H28N2O5S. The monoisotopic (exact) mass is 480 g/mol. The van der Waals surface area contributed by atoms with Crippen molar-refractivity contribution in [2.45, 2.75) is 18.7 Å². The Morgan fingerprint density at radius 1 is 1.00 bits per heavy atom. The van der Waals surface area contributed by atoms with Crippen molar-refractivity contribution in [2.75, 3.05) is 29.4 Å². The zero-order chi connectivity index (χ0) is 24.6. The predicted octanol–water partition coefficient (Wildman–Crippen LogP) is 4.79. The van der Waals surface area contributed by atoms with Crippen LogP contribution in [0.2, 0.25) is 0 Å². The molecule has 7 nitrogen and oxygen atoms in total. The van der Waals surface area contributed by atoms with Crippen molar-refractivity contribution in [1.29, 1.82) is 0 Å². The van der Waals surface area contributed by atoms with Gasteiger partial charge in [0.1, 0.15) is 24.7 Å². The largest absolute Gasteiger partial charge is 0.492 e. The standard InChI is InChI=1S/C26H28N2O5S/c1-4-18-33-22-14-12-21(13-15-22)27-26(29)19-28(24-8-6-7-9-25(24)32-5-2)34(30,31)23-16-10-20(3)11-17-23/h4,6-17H,1,5,18-19H2,2-3H3,(H,27,29). The van der Waals surface area contributed by atoms with Crippen molar-refractivity contribution in [3.05, 3.63) is 91.0 Å². The maximum absolute atomic E-state index is 13.6. The van der Waals surface area contributed by atoms with Crippen LogP contribution >= 0.6 is 0 Å². The lowest BCUT2D eigenvalue weighted by Gasteiger charge is -2.26. The van der Waals surface area contributed by atoms with Gasteiger partial charge in [0.2, 0.25) is 5.91 Å². The fourth-order valence-corrected chi connectivity index (χ4v) is 4.63. The lowest BCUT2D eigenvalue weighted by atomic mass is 10.2. The summed E-state index contributed by atoms with van der Waals surface area (Å²) < 4.78 is 39.4. The van der Waals surface area contributed by atoms with Crippen LogP contribution in [0.15, 0.2) is 90.3 Å². The van der Waals surface area contributed by atoms with E-state index >= 15 is 0 Å². The van der Waals surface area contributed by atoms with Crippen LogP contribution in [0.5, 0.6) is 11.5 Å². The Balaban J connectivity index is 1.90. The molecule has 1 amide bonds. The SMILES string of the molecule is C=CCOc1ccc(NC(=O)CN(c2ccccc2OCC)S(=O)(=O)c2ccc(C)cc2)cc1. The van der Waals surface area contributed by atoms with E-state index in [0.717, 1.165) is 9.87 Å². The molecule has 0 saturated carbocycles. The summed E-state index contributed by atoms with van der Waals surface area (Å²) in [6.07, 6.45) is 1.64. The van der Waals surface area contributed by atoms with Crippen molar-refractivity contribution < 1.29 is 22.7 Å². The molecule has 0 aliphatic heterocycles. The number of sulfonamides is 1. The molecule has 34 heavy (non-hydrogen) atoms. The summed E-state index contributed by atoms with van der Waals surface area (Å²) in [6.45, 7) is 7.57. The number of carbonyl (C=O) groups is 1. The van der Waals surface area contributed by atoms with Crippen LogP contribution in [0.1, 0.15) is 12.5 Å². The smallest absolute Gasteiger partial charge is 0.264 e. The zero-order valence-electron chi connectivity index (χ0n) is 19.2. The third-order valence-corrected chi connectivity index (χ3v) is 6.61. The van der Waals surface area contributed by atoms with Crippen LogP contribution in [0.3, 0.4) is 0 Å². The number of hydrogen-bond donors (Lipinski definition) is 1. The number of aryl methyl sites for hydroxylation is 1. The quantitative estimate of drug-likeness (QED) is 0.399. The molecule has 0 atom stereocenters. The van der Waals surface area contributed by atoms with E-state index in [-0.39, 0.29) is 10.6 Å². The summed E-state index contributed by atoms with van der Waals surface area (Å²) >= 11 is 0. The maximum atomic E-state index is 13.6. The Bertz CT molecular complexity index is 1220. The first kappa shape index (κ1) is 24.9. The molecule has 0 radical (unpaired) electrons. The molecule has 0 aliphatic carbocycles. The van der Waals surface area contributed by atoms with Crippen molar-refractivity contribution in [3.8, 4) is 11.5 Å². The molecule has 0 heterocycles. The summed E-state index contributed by atoms with van der Waals surface area (Å²) in [4.78, 5) is 13.0. The predicted molar refractivity (Wildman–Crippen MR) is 134 cm³/mol. The van der Waals surface area contributed by atoms with E-state index in [4.69, 9.17) is 9.47 Å². The number of anilines is 2. The number of carbonyl (C=O) groups excluding carboxylic acids is 1. The summed E-state index contributed by atoms with van der Waals surface area (Å²) in [7, 11) is -4.05. The highest BCUT2D eigenvalue weighted by Crippen LogP contribution is 2.32. The van der Waals surface area contributed by atoms with Gasteiger partial charge in [0, 0.05) is 5.69 Å². The molecule has 8 heteroatoms. The summed E-state index contributed by atoms with van der Waals surface area (Å²) in [6, 6.07) is 20.0. The lowest BCUT2D eigenvalue weighted by Crippen LogP contribution is -2.38. The number of para-hydroxylation sites is 2. The zero-order valence-corrected chi connectivity index (χ0v) is 20.0. The van der Waals surface area contributed by atoms with Crippen molar-refractivity contribution >= 4 is 27.3 Å². The second-order valence-electron chi connectivity index (χ2n) is 7.40. The third kappa shape index (κ3) is 6.17. The van der Waals surface area contributed by atoms with Gasteiger partial charge < -0.3 is 14.8 Å². The number of ether oxygens (including phenoxy) is 2. The van der Waals surface area contributed by atoms with Crippen molar-refractivity contribution in [3.63, 3.8) is 0 Å². The van der Waals surface area contributed by atoms with Gasteiger partial charge in [0.25, 0.3) is 10.0 Å².